The van der Waals surface area contributed by atoms with Crippen LogP contribution in [0.4, 0.5) is 5.82 Å². The highest BCUT2D eigenvalue weighted by Crippen LogP contribution is 2.47. The van der Waals surface area contributed by atoms with Gasteiger partial charge < -0.3 is 0 Å². The molecule has 5 nitrogen and oxygen atoms in total. The van der Waals surface area contributed by atoms with Gasteiger partial charge in [0.15, 0.2) is 5.82 Å². The summed E-state index contributed by atoms with van der Waals surface area (Å²) in [5.41, 5.74) is 1.09. The number of aryl methyl sites for hydroxylation is 1. The highest BCUT2D eigenvalue weighted by molar-refractivity contribution is 7.93. The van der Waals surface area contributed by atoms with Crippen LogP contribution in [-0.2, 0) is 17.1 Å². The van der Waals surface area contributed by atoms with E-state index >= 15 is 0 Å². The van der Waals surface area contributed by atoms with Crippen LogP contribution >= 0.6 is 0 Å². The standard InChI is InChI=1S/C14H17N3O2S/c1-16-9-8-14(15-16)17(2)20(18,19)13-10-12(13)11-6-4-3-5-7-11/h3-9,12-13H,10H2,1-2H3. The quantitative estimate of drug-likeness (QED) is 0.862. The minimum Gasteiger partial charge on any atom is -0.274 e. The molecule has 20 heavy (non-hydrogen) atoms. The maximum Gasteiger partial charge on any atom is 0.239 e. The first-order valence-electron chi connectivity index (χ1n) is 6.52. The molecule has 2 atom stereocenters. The summed E-state index contributed by atoms with van der Waals surface area (Å²) in [4.78, 5) is 0. The molecule has 2 aromatic rings. The molecule has 1 heterocycles. The third kappa shape index (κ3) is 2.20. The molecular formula is C14H17N3O2S. The maximum atomic E-state index is 12.6. The van der Waals surface area contributed by atoms with Gasteiger partial charge in [-0.3, -0.25) is 8.99 Å². The van der Waals surface area contributed by atoms with E-state index in [1.165, 1.54) is 4.31 Å². The Labute approximate surface area is 118 Å². The highest BCUT2D eigenvalue weighted by atomic mass is 32.2. The number of nitrogens with zero attached hydrogens (tertiary/aromatic N) is 3. The Morgan fingerprint density at radius 1 is 1.25 bits per heavy atom. The van der Waals surface area contributed by atoms with Gasteiger partial charge in [0.05, 0.1) is 5.25 Å². The van der Waals surface area contributed by atoms with E-state index in [1.54, 1.807) is 31.0 Å². The Morgan fingerprint density at radius 3 is 2.55 bits per heavy atom. The number of anilines is 1. The van der Waals surface area contributed by atoms with Crippen LogP contribution in [0.5, 0.6) is 0 Å². The summed E-state index contributed by atoms with van der Waals surface area (Å²) in [6.07, 6.45) is 2.42. The second kappa shape index (κ2) is 4.63. The fourth-order valence-corrected chi connectivity index (χ4v) is 4.24. The topological polar surface area (TPSA) is 55.2 Å². The van der Waals surface area contributed by atoms with Crippen LogP contribution in [-0.4, -0.2) is 30.5 Å². The van der Waals surface area contributed by atoms with Gasteiger partial charge in [0, 0.05) is 32.3 Å². The Kier molecular flexibility index (Phi) is 3.05. The summed E-state index contributed by atoms with van der Waals surface area (Å²) in [5.74, 6) is 0.568. The number of aromatic nitrogens is 2. The molecule has 1 aromatic carbocycles. The summed E-state index contributed by atoms with van der Waals surface area (Å²) in [5, 5.41) is 3.81. The van der Waals surface area contributed by atoms with Crippen molar-refractivity contribution in [2.45, 2.75) is 17.6 Å². The average molecular weight is 291 g/mol. The lowest BCUT2D eigenvalue weighted by Crippen LogP contribution is -2.31. The van der Waals surface area contributed by atoms with Crippen molar-refractivity contribution in [2.24, 2.45) is 7.05 Å². The Hall–Kier alpha value is -1.82. The Bertz CT molecular complexity index is 709. The summed E-state index contributed by atoms with van der Waals surface area (Å²) >= 11 is 0. The summed E-state index contributed by atoms with van der Waals surface area (Å²) < 4.78 is 28.0. The van der Waals surface area contributed by atoms with Crippen molar-refractivity contribution < 1.29 is 8.42 Å². The van der Waals surface area contributed by atoms with Gasteiger partial charge in [-0.15, -0.1) is 0 Å². The zero-order chi connectivity index (χ0) is 14.3. The number of hydrogen-bond donors (Lipinski definition) is 0. The van der Waals surface area contributed by atoms with Crippen LogP contribution in [0.25, 0.3) is 0 Å². The fourth-order valence-electron chi connectivity index (χ4n) is 2.46. The molecule has 0 amide bonds. The van der Waals surface area contributed by atoms with Crippen LogP contribution < -0.4 is 4.31 Å². The number of sulfonamides is 1. The van der Waals surface area contributed by atoms with E-state index in [1.807, 2.05) is 30.3 Å². The molecule has 0 bridgehead atoms. The highest BCUT2D eigenvalue weighted by Gasteiger charge is 2.50. The van der Waals surface area contributed by atoms with Gasteiger partial charge in [-0.05, 0) is 12.0 Å². The molecule has 106 valence electrons. The first kappa shape index (κ1) is 13.2. The second-order valence-corrected chi connectivity index (χ2v) is 7.33. The van der Waals surface area contributed by atoms with E-state index < -0.39 is 10.0 Å². The Balaban J connectivity index is 1.81. The van der Waals surface area contributed by atoms with Gasteiger partial charge in [0.2, 0.25) is 10.0 Å². The largest absolute Gasteiger partial charge is 0.274 e. The van der Waals surface area contributed by atoms with Crippen molar-refractivity contribution in [1.82, 2.24) is 9.78 Å². The number of hydrogen-bond acceptors (Lipinski definition) is 3. The van der Waals surface area contributed by atoms with Crippen molar-refractivity contribution in [3.8, 4) is 0 Å². The van der Waals surface area contributed by atoms with Crippen LogP contribution in [0.1, 0.15) is 17.9 Å². The molecule has 6 heteroatoms. The number of benzene rings is 1. The molecule has 1 fully saturated rings. The molecule has 1 aromatic heterocycles. The zero-order valence-electron chi connectivity index (χ0n) is 11.5. The first-order chi connectivity index (χ1) is 9.50. The predicted octanol–water partition coefficient (Wildman–Crippen LogP) is 1.74. The molecule has 3 rings (SSSR count). The van der Waals surface area contributed by atoms with Gasteiger partial charge >= 0.3 is 0 Å². The lowest BCUT2D eigenvalue weighted by atomic mass is 10.1. The van der Waals surface area contributed by atoms with E-state index in [-0.39, 0.29) is 11.2 Å². The van der Waals surface area contributed by atoms with Crippen molar-refractivity contribution in [3.05, 3.63) is 48.2 Å². The van der Waals surface area contributed by atoms with Crippen LogP contribution in [0.15, 0.2) is 42.6 Å². The van der Waals surface area contributed by atoms with Gasteiger partial charge in [-0.25, -0.2) is 8.42 Å². The average Bonchev–Trinajstić information content (AvgIpc) is 3.15. The van der Waals surface area contributed by atoms with Gasteiger partial charge in [-0.2, -0.15) is 5.10 Å². The van der Waals surface area contributed by atoms with Crippen LogP contribution in [0.3, 0.4) is 0 Å². The predicted molar refractivity (Wildman–Crippen MR) is 78.1 cm³/mol. The summed E-state index contributed by atoms with van der Waals surface area (Å²) in [6, 6.07) is 11.5. The van der Waals surface area contributed by atoms with Crippen molar-refractivity contribution >= 4 is 15.8 Å². The molecule has 1 saturated carbocycles. The second-order valence-electron chi connectivity index (χ2n) is 5.15. The summed E-state index contributed by atoms with van der Waals surface area (Å²) in [7, 11) is -0.00614. The van der Waals surface area contributed by atoms with E-state index in [4.69, 9.17) is 0 Å². The van der Waals surface area contributed by atoms with E-state index in [0.29, 0.717) is 12.2 Å². The Morgan fingerprint density at radius 2 is 1.95 bits per heavy atom. The molecule has 1 aliphatic rings. The maximum absolute atomic E-state index is 12.6. The molecule has 0 radical (unpaired) electrons. The van der Waals surface area contributed by atoms with Crippen molar-refractivity contribution in [1.29, 1.82) is 0 Å². The molecule has 0 spiro atoms. The number of rotatable bonds is 4. The van der Waals surface area contributed by atoms with Gasteiger partial charge in [0.25, 0.3) is 0 Å². The summed E-state index contributed by atoms with van der Waals surface area (Å²) in [6.45, 7) is 0. The minimum atomic E-state index is -3.35. The fraction of sp³-hybridized carbons (Fsp3) is 0.357. The first-order valence-corrected chi connectivity index (χ1v) is 8.03. The van der Waals surface area contributed by atoms with Crippen LogP contribution in [0, 0.1) is 0 Å². The van der Waals surface area contributed by atoms with Gasteiger partial charge in [-0.1, -0.05) is 30.3 Å². The van der Waals surface area contributed by atoms with Crippen molar-refractivity contribution in [3.63, 3.8) is 0 Å². The molecule has 2 unspecified atom stereocenters. The normalized spacial score (nSPS) is 21.7. The van der Waals surface area contributed by atoms with Gasteiger partial charge in [0.1, 0.15) is 0 Å². The lowest BCUT2D eigenvalue weighted by Gasteiger charge is -2.16. The van der Waals surface area contributed by atoms with E-state index in [2.05, 4.69) is 5.10 Å². The minimum absolute atomic E-state index is 0.104. The van der Waals surface area contributed by atoms with Crippen LogP contribution in [0.2, 0.25) is 0 Å². The molecule has 0 saturated heterocycles. The monoisotopic (exact) mass is 291 g/mol. The third-order valence-corrected chi connectivity index (χ3v) is 5.98. The zero-order valence-corrected chi connectivity index (χ0v) is 12.3. The SMILES string of the molecule is CN(c1ccn(C)n1)S(=O)(=O)C1CC1c1ccccc1. The molecule has 1 aliphatic carbocycles. The molecule has 0 N–H and O–H groups in total. The lowest BCUT2D eigenvalue weighted by molar-refractivity contribution is 0.591. The smallest absolute Gasteiger partial charge is 0.239 e. The molecular weight excluding hydrogens is 274 g/mol. The molecule has 0 aliphatic heterocycles. The third-order valence-electron chi connectivity index (χ3n) is 3.75. The van der Waals surface area contributed by atoms with E-state index in [9.17, 15) is 8.42 Å². The van der Waals surface area contributed by atoms with Crippen molar-refractivity contribution in [2.75, 3.05) is 11.4 Å². The van der Waals surface area contributed by atoms with E-state index in [0.717, 1.165) is 5.56 Å².